The molecule has 0 aromatic heterocycles. The highest BCUT2D eigenvalue weighted by molar-refractivity contribution is 5.80. The van der Waals surface area contributed by atoms with Crippen molar-refractivity contribution in [1.82, 2.24) is 4.90 Å². The molecule has 1 saturated heterocycles. The van der Waals surface area contributed by atoms with E-state index in [1.807, 2.05) is 13.8 Å². The summed E-state index contributed by atoms with van der Waals surface area (Å²) in [4.78, 5) is 13.9. The van der Waals surface area contributed by atoms with Gasteiger partial charge in [0, 0.05) is 31.5 Å². The third-order valence-electron chi connectivity index (χ3n) is 3.55. The fourth-order valence-electron chi connectivity index (χ4n) is 2.17. The number of carbonyl (C=O) groups excluding carboxylic acids is 1. The molecule has 17 heavy (non-hydrogen) atoms. The van der Waals surface area contributed by atoms with Gasteiger partial charge in [0.05, 0.1) is 12.7 Å². The molecule has 0 radical (unpaired) electrons. The van der Waals surface area contributed by atoms with Crippen LogP contribution in [0.15, 0.2) is 0 Å². The van der Waals surface area contributed by atoms with Crippen molar-refractivity contribution in [3.8, 4) is 0 Å². The lowest BCUT2D eigenvalue weighted by molar-refractivity contribution is -0.123. The average Bonchev–Trinajstić information content (AvgIpc) is 2.29. The standard InChI is InChI=1S/C14H27NO2/c1-11(2)14(16)7-10-17-13-5-8-15(9-6-13)12(3)4/h11-13H,5-10H2,1-4H3. The normalized spacial score (nSPS) is 19.2. The molecule has 1 fully saturated rings. The predicted molar refractivity (Wildman–Crippen MR) is 70.1 cm³/mol. The molecule has 0 N–H and O–H groups in total. The van der Waals surface area contributed by atoms with Gasteiger partial charge < -0.3 is 9.64 Å². The largest absolute Gasteiger partial charge is 0.378 e. The Morgan fingerprint density at radius 1 is 1.24 bits per heavy atom. The first-order valence-corrected chi connectivity index (χ1v) is 6.89. The van der Waals surface area contributed by atoms with Crippen LogP contribution in [-0.4, -0.2) is 42.5 Å². The van der Waals surface area contributed by atoms with Crippen molar-refractivity contribution in [2.45, 2.75) is 59.1 Å². The highest BCUT2D eigenvalue weighted by Crippen LogP contribution is 2.16. The number of ether oxygens (including phenoxy) is 1. The quantitative estimate of drug-likeness (QED) is 0.715. The van der Waals surface area contributed by atoms with Crippen molar-refractivity contribution in [3.63, 3.8) is 0 Å². The summed E-state index contributed by atoms with van der Waals surface area (Å²) in [6.45, 7) is 11.2. The van der Waals surface area contributed by atoms with E-state index < -0.39 is 0 Å². The number of ketones is 1. The summed E-state index contributed by atoms with van der Waals surface area (Å²) >= 11 is 0. The summed E-state index contributed by atoms with van der Waals surface area (Å²) in [5.41, 5.74) is 0. The van der Waals surface area contributed by atoms with E-state index in [2.05, 4.69) is 18.7 Å². The van der Waals surface area contributed by atoms with Gasteiger partial charge in [-0.3, -0.25) is 4.79 Å². The molecular formula is C14H27NO2. The third-order valence-corrected chi connectivity index (χ3v) is 3.55. The second-order valence-corrected chi connectivity index (χ2v) is 5.57. The minimum Gasteiger partial charge on any atom is -0.378 e. The van der Waals surface area contributed by atoms with Crippen LogP contribution in [0.5, 0.6) is 0 Å². The van der Waals surface area contributed by atoms with E-state index in [0.29, 0.717) is 31.0 Å². The monoisotopic (exact) mass is 241 g/mol. The van der Waals surface area contributed by atoms with Crippen molar-refractivity contribution in [1.29, 1.82) is 0 Å². The fraction of sp³-hybridized carbons (Fsp3) is 0.929. The van der Waals surface area contributed by atoms with Crippen LogP contribution in [0.3, 0.4) is 0 Å². The lowest BCUT2D eigenvalue weighted by Crippen LogP contribution is -2.41. The van der Waals surface area contributed by atoms with Crippen molar-refractivity contribution >= 4 is 5.78 Å². The van der Waals surface area contributed by atoms with Crippen LogP contribution in [0.25, 0.3) is 0 Å². The summed E-state index contributed by atoms with van der Waals surface area (Å²) in [5.74, 6) is 0.450. The van der Waals surface area contributed by atoms with Gasteiger partial charge in [-0.1, -0.05) is 13.8 Å². The zero-order valence-electron chi connectivity index (χ0n) is 11.7. The Hall–Kier alpha value is -0.410. The topological polar surface area (TPSA) is 29.5 Å². The van der Waals surface area contributed by atoms with E-state index in [9.17, 15) is 4.79 Å². The Kier molecular flexibility index (Phi) is 6.14. The van der Waals surface area contributed by atoms with Crippen molar-refractivity contribution in [3.05, 3.63) is 0 Å². The number of rotatable bonds is 6. The molecule has 100 valence electrons. The molecule has 0 amide bonds. The van der Waals surface area contributed by atoms with Gasteiger partial charge in [-0.15, -0.1) is 0 Å². The Morgan fingerprint density at radius 2 is 1.82 bits per heavy atom. The van der Waals surface area contributed by atoms with Crippen LogP contribution < -0.4 is 0 Å². The molecule has 0 saturated carbocycles. The lowest BCUT2D eigenvalue weighted by Gasteiger charge is -2.34. The van der Waals surface area contributed by atoms with Crippen LogP contribution in [0.1, 0.15) is 47.0 Å². The number of hydrogen-bond acceptors (Lipinski definition) is 3. The van der Waals surface area contributed by atoms with Crippen molar-refractivity contribution in [2.24, 2.45) is 5.92 Å². The second-order valence-electron chi connectivity index (χ2n) is 5.57. The summed E-state index contributed by atoms with van der Waals surface area (Å²) in [6, 6.07) is 0.637. The minimum absolute atomic E-state index is 0.140. The number of piperidine rings is 1. The molecule has 0 atom stereocenters. The highest BCUT2D eigenvalue weighted by atomic mass is 16.5. The van der Waals surface area contributed by atoms with Crippen LogP contribution in [0.4, 0.5) is 0 Å². The molecule has 1 rings (SSSR count). The molecule has 0 aromatic rings. The predicted octanol–water partition coefficient (Wildman–Crippen LogP) is 2.49. The maximum atomic E-state index is 11.4. The van der Waals surface area contributed by atoms with Crippen LogP contribution in [0, 0.1) is 5.92 Å². The smallest absolute Gasteiger partial charge is 0.137 e. The van der Waals surface area contributed by atoms with Crippen LogP contribution >= 0.6 is 0 Å². The van der Waals surface area contributed by atoms with Gasteiger partial charge in [0.2, 0.25) is 0 Å². The molecule has 0 aromatic carbocycles. The van der Waals surface area contributed by atoms with E-state index in [0.717, 1.165) is 25.9 Å². The minimum atomic E-state index is 0.140. The summed E-state index contributed by atoms with van der Waals surface area (Å²) in [7, 11) is 0. The zero-order chi connectivity index (χ0) is 12.8. The summed E-state index contributed by atoms with van der Waals surface area (Å²) < 4.78 is 5.78. The molecule has 0 aliphatic carbocycles. The molecular weight excluding hydrogens is 214 g/mol. The van der Waals surface area contributed by atoms with E-state index in [-0.39, 0.29) is 5.92 Å². The van der Waals surface area contributed by atoms with E-state index in [1.165, 1.54) is 0 Å². The van der Waals surface area contributed by atoms with Gasteiger partial charge in [-0.25, -0.2) is 0 Å². The third kappa shape index (κ3) is 5.17. The van der Waals surface area contributed by atoms with Crippen molar-refractivity contribution < 1.29 is 9.53 Å². The van der Waals surface area contributed by atoms with E-state index in [1.54, 1.807) is 0 Å². The van der Waals surface area contributed by atoms with E-state index >= 15 is 0 Å². The van der Waals surface area contributed by atoms with E-state index in [4.69, 9.17) is 4.74 Å². The van der Waals surface area contributed by atoms with Gasteiger partial charge in [0.15, 0.2) is 0 Å². The molecule has 0 spiro atoms. The summed E-state index contributed by atoms with van der Waals surface area (Å²) in [6.07, 6.45) is 3.15. The Morgan fingerprint density at radius 3 is 2.29 bits per heavy atom. The molecule has 0 bridgehead atoms. The number of carbonyl (C=O) groups is 1. The maximum absolute atomic E-state index is 11.4. The SMILES string of the molecule is CC(C)C(=O)CCOC1CCN(C(C)C)CC1. The number of likely N-dealkylation sites (tertiary alicyclic amines) is 1. The lowest BCUT2D eigenvalue weighted by atomic mass is 10.1. The average molecular weight is 241 g/mol. The first-order valence-electron chi connectivity index (χ1n) is 6.89. The summed E-state index contributed by atoms with van der Waals surface area (Å²) in [5, 5.41) is 0. The zero-order valence-corrected chi connectivity index (χ0v) is 11.7. The van der Waals surface area contributed by atoms with Crippen LogP contribution in [0.2, 0.25) is 0 Å². The van der Waals surface area contributed by atoms with Gasteiger partial charge >= 0.3 is 0 Å². The van der Waals surface area contributed by atoms with Gasteiger partial charge in [-0.2, -0.15) is 0 Å². The maximum Gasteiger partial charge on any atom is 0.137 e. The second kappa shape index (κ2) is 7.12. The van der Waals surface area contributed by atoms with Crippen molar-refractivity contribution in [2.75, 3.05) is 19.7 Å². The molecule has 3 heteroatoms. The molecule has 0 unspecified atom stereocenters. The Labute approximate surface area is 106 Å². The fourth-order valence-corrected chi connectivity index (χ4v) is 2.17. The first kappa shape index (κ1) is 14.7. The first-order chi connectivity index (χ1) is 8.00. The number of nitrogens with zero attached hydrogens (tertiary/aromatic N) is 1. The molecule has 3 nitrogen and oxygen atoms in total. The van der Waals surface area contributed by atoms with Gasteiger partial charge in [-0.05, 0) is 26.7 Å². The molecule has 1 aliphatic heterocycles. The van der Waals surface area contributed by atoms with Crippen LogP contribution in [-0.2, 0) is 9.53 Å². The Balaban J connectivity index is 2.12. The number of hydrogen-bond donors (Lipinski definition) is 0. The molecule has 1 heterocycles. The van der Waals surface area contributed by atoms with Gasteiger partial charge in [0.25, 0.3) is 0 Å². The Bertz CT molecular complexity index is 230. The highest BCUT2D eigenvalue weighted by Gasteiger charge is 2.21. The number of Topliss-reactive ketones (excluding diaryl/α,β-unsaturated/α-hetero) is 1. The van der Waals surface area contributed by atoms with Gasteiger partial charge in [0.1, 0.15) is 5.78 Å². The molecule has 1 aliphatic rings.